The van der Waals surface area contributed by atoms with Crippen LogP contribution in [0.2, 0.25) is 0 Å². The topological polar surface area (TPSA) is 122 Å². The van der Waals surface area contributed by atoms with Crippen LogP contribution in [0.25, 0.3) is 11.1 Å². The minimum Gasteiger partial charge on any atom is -0.481 e. The Kier molecular flexibility index (Phi) is 7.04. The molecule has 1 fully saturated rings. The molecule has 4 rings (SSSR count). The van der Waals surface area contributed by atoms with E-state index in [1.807, 2.05) is 55.5 Å². The highest BCUT2D eigenvalue weighted by Crippen LogP contribution is 2.44. The van der Waals surface area contributed by atoms with Crippen LogP contribution in [-0.4, -0.2) is 66.8 Å². The zero-order valence-electron chi connectivity index (χ0n) is 19.6. The first-order valence-electron chi connectivity index (χ1n) is 11.5. The number of fused-ring (bicyclic) bond motifs is 3. The van der Waals surface area contributed by atoms with Crippen molar-refractivity contribution in [2.75, 3.05) is 26.8 Å². The highest BCUT2D eigenvalue weighted by molar-refractivity contribution is 5.90. The molecular weight excluding hydrogens is 452 g/mol. The maximum atomic E-state index is 13.0. The molecule has 1 heterocycles. The van der Waals surface area contributed by atoms with Crippen LogP contribution in [0.5, 0.6) is 0 Å². The van der Waals surface area contributed by atoms with Gasteiger partial charge in [-0.2, -0.15) is 0 Å². The van der Waals surface area contributed by atoms with Crippen molar-refractivity contribution in [2.45, 2.75) is 25.3 Å². The summed E-state index contributed by atoms with van der Waals surface area (Å²) in [7, 11) is 1.28. The molecule has 3 atom stereocenters. The summed E-state index contributed by atoms with van der Waals surface area (Å²) in [6.07, 6.45) is -1.47. The summed E-state index contributed by atoms with van der Waals surface area (Å²) in [5.74, 6) is -3.04. The number of ether oxygens (including phenoxy) is 2. The quantitative estimate of drug-likeness (QED) is 0.584. The number of hydrogen-bond acceptors (Lipinski definition) is 6. The zero-order valence-corrected chi connectivity index (χ0v) is 19.6. The highest BCUT2D eigenvalue weighted by Gasteiger charge is 2.40. The molecule has 2 aromatic rings. The second kappa shape index (κ2) is 10.2. The lowest BCUT2D eigenvalue weighted by molar-refractivity contribution is -0.146. The van der Waals surface area contributed by atoms with E-state index < -0.39 is 42.3 Å². The Morgan fingerprint density at radius 3 is 2.20 bits per heavy atom. The number of likely N-dealkylation sites (tertiary alicyclic amines) is 1. The Morgan fingerprint density at radius 2 is 1.63 bits per heavy atom. The van der Waals surface area contributed by atoms with Crippen LogP contribution in [-0.2, 0) is 23.9 Å². The van der Waals surface area contributed by atoms with E-state index in [9.17, 15) is 24.3 Å². The van der Waals surface area contributed by atoms with Gasteiger partial charge in [0.05, 0.1) is 19.4 Å². The molecule has 35 heavy (non-hydrogen) atoms. The fourth-order valence-electron chi connectivity index (χ4n) is 4.98. The summed E-state index contributed by atoms with van der Waals surface area (Å²) in [5, 5.41) is 11.7. The van der Waals surface area contributed by atoms with Gasteiger partial charge in [0.15, 0.2) is 0 Å². The van der Waals surface area contributed by atoms with Gasteiger partial charge in [0.25, 0.3) is 0 Å². The number of methoxy groups -OCH3 is 1. The van der Waals surface area contributed by atoms with Gasteiger partial charge in [-0.25, -0.2) is 4.79 Å². The molecule has 2 amide bonds. The van der Waals surface area contributed by atoms with Crippen LogP contribution in [0.4, 0.5) is 4.79 Å². The summed E-state index contributed by atoms with van der Waals surface area (Å²) < 4.78 is 10.3. The molecule has 184 valence electrons. The number of hydrogen-bond donors (Lipinski definition) is 2. The van der Waals surface area contributed by atoms with Crippen LogP contribution < -0.4 is 5.32 Å². The number of esters is 1. The maximum Gasteiger partial charge on any atom is 0.407 e. The molecule has 0 aromatic heterocycles. The van der Waals surface area contributed by atoms with Gasteiger partial charge in [-0.15, -0.1) is 0 Å². The number of alkyl carbamates (subject to hydrolysis) is 1. The van der Waals surface area contributed by atoms with E-state index in [2.05, 4.69) is 5.32 Å². The molecule has 1 aliphatic carbocycles. The Bertz CT molecular complexity index is 1100. The first-order chi connectivity index (χ1) is 16.8. The van der Waals surface area contributed by atoms with E-state index in [0.29, 0.717) is 0 Å². The third kappa shape index (κ3) is 4.99. The van der Waals surface area contributed by atoms with Gasteiger partial charge in [0.1, 0.15) is 12.6 Å². The minimum absolute atomic E-state index is 0.0407. The minimum atomic E-state index is -1.31. The number of amides is 2. The first kappa shape index (κ1) is 24.3. The largest absolute Gasteiger partial charge is 0.481 e. The third-order valence-corrected chi connectivity index (χ3v) is 6.74. The van der Waals surface area contributed by atoms with Crippen molar-refractivity contribution in [3.05, 3.63) is 59.7 Å². The zero-order chi connectivity index (χ0) is 25.1. The Balaban J connectivity index is 1.42. The van der Waals surface area contributed by atoms with Crippen LogP contribution >= 0.6 is 0 Å². The molecule has 0 radical (unpaired) electrons. The van der Waals surface area contributed by atoms with Crippen molar-refractivity contribution >= 4 is 23.9 Å². The summed E-state index contributed by atoms with van der Waals surface area (Å²) in [5.41, 5.74) is 4.25. The van der Waals surface area contributed by atoms with E-state index in [0.717, 1.165) is 22.3 Å². The smallest absolute Gasteiger partial charge is 0.407 e. The van der Waals surface area contributed by atoms with Crippen LogP contribution in [0.1, 0.15) is 30.4 Å². The molecule has 2 N–H and O–H groups in total. The number of rotatable bonds is 7. The van der Waals surface area contributed by atoms with Gasteiger partial charge in [0, 0.05) is 19.0 Å². The monoisotopic (exact) mass is 480 g/mol. The Hall–Kier alpha value is -3.88. The average Bonchev–Trinajstić information content (AvgIpc) is 3.39. The molecule has 0 bridgehead atoms. The third-order valence-electron chi connectivity index (χ3n) is 6.74. The van der Waals surface area contributed by atoms with Crippen molar-refractivity contribution in [1.29, 1.82) is 0 Å². The lowest BCUT2D eigenvalue weighted by Gasteiger charge is -2.23. The van der Waals surface area contributed by atoms with E-state index in [1.165, 1.54) is 12.0 Å². The number of carboxylic acids is 1. The van der Waals surface area contributed by atoms with Crippen molar-refractivity contribution < 1.29 is 33.8 Å². The fraction of sp³-hybridized carbons (Fsp3) is 0.385. The molecule has 2 aromatic carbocycles. The van der Waals surface area contributed by atoms with Gasteiger partial charge in [0.2, 0.25) is 5.91 Å². The maximum absolute atomic E-state index is 13.0. The first-order valence-corrected chi connectivity index (χ1v) is 11.5. The fourth-order valence-corrected chi connectivity index (χ4v) is 4.98. The van der Waals surface area contributed by atoms with Crippen molar-refractivity contribution in [1.82, 2.24) is 10.2 Å². The molecule has 1 saturated heterocycles. The number of carbonyl (C=O) groups is 4. The summed E-state index contributed by atoms with van der Waals surface area (Å²) in [4.78, 5) is 50.4. The van der Waals surface area contributed by atoms with Crippen LogP contribution in [0.3, 0.4) is 0 Å². The molecule has 1 aliphatic heterocycles. The lowest BCUT2D eigenvalue weighted by Crippen LogP contribution is -2.49. The van der Waals surface area contributed by atoms with Gasteiger partial charge in [-0.3, -0.25) is 14.4 Å². The molecule has 0 spiro atoms. The summed E-state index contributed by atoms with van der Waals surface area (Å²) in [6, 6.07) is 14.5. The number of benzene rings is 2. The van der Waals surface area contributed by atoms with Gasteiger partial charge in [-0.1, -0.05) is 55.5 Å². The van der Waals surface area contributed by atoms with E-state index >= 15 is 0 Å². The van der Waals surface area contributed by atoms with Crippen LogP contribution in [0, 0.1) is 11.8 Å². The standard InChI is InChI=1S/C26H28N2O7/c1-15-12-28(13-20(15)25(32)34-2)24(31)22(11-23(29)30)27-26(33)35-14-21-18-9-5-3-7-16(18)17-8-4-6-10-19(17)21/h3-10,15,20-22H,11-14H2,1-2H3,(H,27,33)(H,29,30)/t15-,20-,22?/m1/s1. The average molecular weight is 481 g/mol. The Morgan fingerprint density at radius 1 is 1.03 bits per heavy atom. The second-order valence-corrected chi connectivity index (χ2v) is 8.97. The van der Waals surface area contributed by atoms with E-state index in [-0.39, 0.29) is 31.5 Å². The number of nitrogens with zero attached hydrogens (tertiary/aromatic N) is 1. The number of nitrogens with one attached hydrogen (secondary N) is 1. The molecule has 2 aliphatic rings. The molecule has 1 unspecified atom stereocenters. The Labute approximate surface area is 203 Å². The van der Waals surface area contributed by atoms with Crippen molar-refractivity contribution in [3.8, 4) is 11.1 Å². The van der Waals surface area contributed by atoms with Crippen molar-refractivity contribution in [3.63, 3.8) is 0 Å². The normalized spacial score (nSPS) is 19.4. The van der Waals surface area contributed by atoms with E-state index in [4.69, 9.17) is 9.47 Å². The predicted molar refractivity (Wildman–Crippen MR) is 125 cm³/mol. The predicted octanol–water partition coefficient (Wildman–Crippen LogP) is 2.64. The second-order valence-electron chi connectivity index (χ2n) is 8.97. The van der Waals surface area contributed by atoms with Gasteiger partial charge in [-0.05, 0) is 28.2 Å². The molecule has 9 nitrogen and oxygen atoms in total. The van der Waals surface area contributed by atoms with E-state index in [1.54, 1.807) is 0 Å². The van der Waals surface area contributed by atoms with Crippen LogP contribution in [0.15, 0.2) is 48.5 Å². The van der Waals surface area contributed by atoms with Gasteiger partial charge < -0.3 is 24.8 Å². The molecular formula is C26H28N2O7. The lowest BCUT2D eigenvalue weighted by atomic mass is 9.98. The highest BCUT2D eigenvalue weighted by atomic mass is 16.5. The SMILES string of the molecule is COC(=O)[C@@H]1CN(C(=O)C(CC(=O)O)NC(=O)OCC2c3ccccc3-c3ccccc32)C[C@H]1C. The van der Waals surface area contributed by atoms with Gasteiger partial charge >= 0.3 is 18.0 Å². The number of aliphatic carboxylic acids is 1. The molecule has 0 saturated carbocycles. The molecule has 9 heteroatoms. The summed E-state index contributed by atoms with van der Waals surface area (Å²) in [6.45, 7) is 2.23. The summed E-state index contributed by atoms with van der Waals surface area (Å²) >= 11 is 0. The van der Waals surface area contributed by atoms with Crippen molar-refractivity contribution in [2.24, 2.45) is 11.8 Å². The number of carboxylic acid groups (broad SMARTS) is 1. The number of carbonyl (C=O) groups excluding carboxylic acids is 3.